The average Bonchev–Trinajstić information content (AvgIpc) is 2.71. The third-order valence-corrected chi connectivity index (χ3v) is 4.25. The minimum atomic E-state index is -0.496. The lowest BCUT2D eigenvalue weighted by molar-refractivity contribution is -0.104. The molecule has 1 aliphatic heterocycles. The van der Waals surface area contributed by atoms with E-state index in [9.17, 15) is 5.11 Å². The zero-order chi connectivity index (χ0) is 9.71. The van der Waals surface area contributed by atoms with Crippen molar-refractivity contribution in [3.05, 3.63) is 11.1 Å². The van der Waals surface area contributed by atoms with Gasteiger partial charge in [-0.3, -0.25) is 0 Å². The van der Waals surface area contributed by atoms with Crippen LogP contribution in [0.5, 0.6) is 0 Å². The molecule has 2 aliphatic carbocycles. The van der Waals surface area contributed by atoms with Crippen molar-refractivity contribution < 1.29 is 9.84 Å². The van der Waals surface area contributed by atoms with Gasteiger partial charge in [0.2, 0.25) is 0 Å². The molecule has 0 unspecified atom stereocenters. The summed E-state index contributed by atoms with van der Waals surface area (Å²) in [4.78, 5) is 0. The number of rotatable bonds is 0. The predicted octanol–water partition coefficient (Wildman–Crippen LogP) is 2.23. The van der Waals surface area contributed by atoms with E-state index in [4.69, 9.17) is 4.74 Å². The van der Waals surface area contributed by atoms with Crippen LogP contribution < -0.4 is 0 Å². The molecule has 14 heavy (non-hydrogen) atoms. The van der Waals surface area contributed by atoms with Gasteiger partial charge in [0.1, 0.15) is 0 Å². The van der Waals surface area contributed by atoms with Crippen molar-refractivity contribution in [2.24, 2.45) is 11.8 Å². The molecule has 78 valence electrons. The molecule has 3 rings (SSSR count). The van der Waals surface area contributed by atoms with Gasteiger partial charge in [0.25, 0.3) is 0 Å². The lowest BCUT2D eigenvalue weighted by Gasteiger charge is -2.29. The molecule has 0 aromatic carbocycles. The molecule has 0 amide bonds. The first-order valence-electron chi connectivity index (χ1n) is 5.81. The van der Waals surface area contributed by atoms with E-state index in [-0.39, 0.29) is 6.10 Å². The summed E-state index contributed by atoms with van der Waals surface area (Å²) in [5, 5.41) is 9.77. The summed E-state index contributed by atoms with van der Waals surface area (Å²) in [5.74, 6) is 0.929. The molecule has 4 atom stereocenters. The second-order valence-electron chi connectivity index (χ2n) is 4.94. The molecule has 2 nitrogen and oxygen atoms in total. The van der Waals surface area contributed by atoms with Crippen LogP contribution in [0, 0.1) is 11.8 Å². The summed E-state index contributed by atoms with van der Waals surface area (Å²) >= 11 is 0. The minimum absolute atomic E-state index is 0.235. The summed E-state index contributed by atoms with van der Waals surface area (Å²) in [7, 11) is 0. The lowest BCUT2D eigenvalue weighted by Crippen LogP contribution is -2.26. The van der Waals surface area contributed by atoms with Gasteiger partial charge in [-0.2, -0.15) is 0 Å². The van der Waals surface area contributed by atoms with Gasteiger partial charge in [-0.1, -0.05) is 11.1 Å². The Morgan fingerprint density at radius 3 is 3.00 bits per heavy atom. The normalized spacial score (nSPS) is 46.7. The van der Waals surface area contributed by atoms with Crippen molar-refractivity contribution in [3.63, 3.8) is 0 Å². The third-order valence-electron chi connectivity index (χ3n) is 4.25. The fraction of sp³-hybridized carbons (Fsp3) is 0.833. The van der Waals surface area contributed by atoms with Crippen molar-refractivity contribution in [3.8, 4) is 0 Å². The smallest absolute Gasteiger partial charge is 0.158 e. The third kappa shape index (κ3) is 1.10. The first kappa shape index (κ1) is 8.93. The van der Waals surface area contributed by atoms with E-state index in [1.54, 1.807) is 11.1 Å². The quantitative estimate of drug-likeness (QED) is 0.599. The zero-order valence-corrected chi connectivity index (χ0v) is 8.70. The van der Waals surface area contributed by atoms with Crippen molar-refractivity contribution >= 4 is 0 Å². The minimum Gasteiger partial charge on any atom is -0.368 e. The van der Waals surface area contributed by atoms with E-state index in [1.165, 1.54) is 25.7 Å². The Hall–Kier alpha value is -0.340. The maximum absolute atomic E-state index is 9.77. The molecular weight excluding hydrogens is 176 g/mol. The largest absolute Gasteiger partial charge is 0.368 e. The van der Waals surface area contributed by atoms with Crippen LogP contribution in [0.15, 0.2) is 11.1 Å². The molecular formula is C12H18O2. The Labute approximate surface area is 85.0 Å². The van der Waals surface area contributed by atoms with E-state index in [0.717, 1.165) is 6.42 Å². The number of fused-ring (bicyclic) bond motifs is 2. The zero-order valence-electron chi connectivity index (χ0n) is 8.70. The van der Waals surface area contributed by atoms with Gasteiger partial charge in [-0.05, 0) is 39.0 Å². The molecule has 1 N–H and O–H groups in total. The van der Waals surface area contributed by atoms with Gasteiger partial charge >= 0.3 is 0 Å². The van der Waals surface area contributed by atoms with Crippen molar-refractivity contribution in [2.45, 2.75) is 51.4 Å². The number of hydrogen-bond donors (Lipinski definition) is 1. The highest BCUT2D eigenvalue weighted by molar-refractivity contribution is 5.27. The van der Waals surface area contributed by atoms with Crippen LogP contribution in [-0.4, -0.2) is 17.5 Å². The summed E-state index contributed by atoms with van der Waals surface area (Å²) in [6.07, 6.45) is 5.98. The van der Waals surface area contributed by atoms with Gasteiger partial charge in [0.15, 0.2) is 6.29 Å². The molecule has 1 heterocycles. The second-order valence-corrected chi connectivity index (χ2v) is 4.94. The van der Waals surface area contributed by atoms with E-state index in [1.807, 2.05) is 0 Å². The summed E-state index contributed by atoms with van der Waals surface area (Å²) in [6, 6.07) is 0. The number of aliphatic hydroxyl groups excluding tert-OH is 1. The molecule has 3 aliphatic rings. The van der Waals surface area contributed by atoms with E-state index in [0.29, 0.717) is 11.8 Å². The lowest BCUT2D eigenvalue weighted by atomic mass is 9.75. The first-order valence-corrected chi connectivity index (χ1v) is 5.81. The molecule has 0 aromatic heterocycles. The number of aliphatic hydroxyl groups is 1. The number of allylic oxidation sites excluding steroid dienone is 1. The van der Waals surface area contributed by atoms with Crippen LogP contribution in [0.1, 0.15) is 39.0 Å². The highest BCUT2D eigenvalue weighted by atomic mass is 16.6. The van der Waals surface area contributed by atoms with Gasteiger partial charge in [-0.15, -0.1) is 0 Å². The van der Waals surface area contributed by atoms with Crippen molar-refractivity contribution in [2.75, 3.05) is 0 Å². The highest BCUT2D eigenvalue weighted by Crippen LogP contribution is 2.49. The maximum atomic E-state index is 9.77. The Balaban J connectivity index is 1.95. The van der Waals surface area contributed by atoms with Crippen LogP contribution >= 0.6 is 0 Å². The van der Waals surface area contributed by atoms with E-state index >= 15 is 0 Å². The van der Waals surface area contributed by atoms with Gasteiger partial charge in [-0.25, -0.2) is 0 Å². The Bertz CT molecular complexity index is 282. The summed E-state index contributed by atoms with van der Waals surface area (Å²) in [5.41, 5.74) is 3.33. The Kier molecular flexibility index (Phi) is 1.96. The fourth-order valence-electron chi connectivity index (χ4n) is 3.65. The molecule has 0 radical (unpaired) electrons. The molecule has 1 fully saturated rings. The standard InChI is InChI=1S/C12H18O2/c1-7-11-9-4-2-3-8(9)5-6-10(11)12(13)14-7/h7,10-13H,2-6H2,1H3/t7-,10+,11-,12+/m0/s1. The number of ether oxygens (including phenoxy) is 1. The van der Waals surface area contributed by atoms with Crippen LogP contribution in [0.4, 0.5) is 0 Å². The average molecular weight is 194 g/mol. The molecule has 0 bridgehead atoms. The summed E-state index contributed by atoms with van der Waals surface area (Å²) in [6.45, 7) is 2.11. The van der Waals surface area contributed by atoms with Crippen molar-refractivity contribution in [1.82, 2.24) is 0 Å². The Morgan fingerprint density at radius 1 is 1.29 bits per heavy atom. The second kappa shape index (κ2) is 3.07. The predicted molar refractivity (Wildman–Crippen MR) is 53.6 cm³/mol. The molecule has 1 saturated heterocycles. The van der Waals surface area contributed by atoms with Gasteiger partial charge in [0, 0.05) is 11.8 Å². The van der Waals surface area contributed by atoms with Crippen LogP contribution in [-0.2, 0) is 4.74 Å². The SMILES string of the molecule is C[C@@H]1O[C@@H](O)[C@@H]2CCC3=C(CCC3)[C@@H]21. The van der Waals surface area contributed by atoms with Crippen molar-refractivity contribution in [1.29, 1.82) is 0 Å². The Morgan fingerprint density at radius 2 is 2.14 bits per heavy atom. The highest BCUT2D eigenvalue weighted by Gasteiger charge is 2.46. The number of hydrogen-bond acceptors (Lipinski definition) is 2. The van der Waals surface area contributed by atoms with Crippen LogP contribution in [0.3, 0.4) is 0 Å². The summed E-state index contributed by atoms with van der Waals surface area (Å²) < 4.78 is 5.54. The van der Waals surface area contributed by atoms with Gasteiger partial charge in [0.05, 0.1) is 6.10 Å². The first-order chi connectivity index (χ1) is 6.77. The van der Waals surface area contributed by atoms with E-state index in [2.05, 4.69) is 6.92 Å². The van der Waals surface area contributed by atoms with Crippen LogP contribution in [0.25, 0.3) is 0 Å². The molecule has 2 heteroatoms. The van der Waals surface area contributed by atoms with E-state index < -0.39 is 6.29 Å². The maximum Gasteiger partial charge on any atom is 0.158 e. The monoisotopic (exact) mass is 194 g/mol. The fourth-order valence-corrected chi connectivity index (χ4v) is 3.65. The molecule has 0 saturated carbocycles. The molecule has 0 spiro atoms. The molecule has 0 aromatic rings. The van der Waals surface area contributed by atoms with Gasteiger partial charge < -0.3 is 9.84 Å². The topological polar surface area (TPSA) is 29.5 Å². The van der Waals surface area contributed by atoms with Crippen LogP contribution in [0.2, 0.25) is 0 Å².